The molecule has 0 spiro atoms. The van der Waals surface area contributed by atoms with Crippen molar-refractivity contribution >= 4 is 28.5 Å². The molecule has 138 valence electrons. The highest BCUT2D eigenvalue weighted by atomic mass is 16.5. The lowest BCUT2D eigenvalue weighted by molar-refractivity contribution is -0.119. The van der Waals surface area contributed by atoms with Gasteiger partial charge in [0, 0.05) is 11.1 Å². The summed E-state index contributed by atoms with van der Waals surface area (Å²) in [6.07, 6.45) is 0.881. The fourth-order valence-corrected chi connectivity index (χ4v) is 2.87. The zero-order valence-electron chi connectivity index (χ0n) is 15.7. The van der Waals surface area contributed by atoms with E-state index in [9.17, 15) is 9.59 Å². The third kappa shape index (κ3) is 4.50. The molecule has 0 saturated heterocycles. The first kappa shape index (κ1) is 18.6. The minimum atomic E-state index is -0.555. The second-order valence-electron chi connectivity index (χ2n) is 6.50. The maximum atomic E-state index is 12.4. The highest BCUT2D eigenvalue weighted by Gasteiger charge is 2.15. The molecule has 0 atom stereocenters. The number of hydrogen-bond acceptors (Lipinski definition) is 4. The summed E-state index contributed by atoms with van der Waals surface area (Å²) in [6.45, 7) is 5.44. The minimum absolute atomic E-state index is 0.347. The molecular formula is C22H22N2O3. The van der Waals surface area contributed by atoms with Crippen LogP contribution in [0.1, 0.15) is 34.1 Å². The van der Waals surface area contributed by atoms with Crippen molar-refractivity contribution in [2.45, 2.75) is 27.2 Å². The molecule has 2 aromatic carbocycles. The third-order valence-electron chi connectivity index (χ3n) is 4.33. The zero-order chi connectivity index (χ0) is 19.4. The first-order valence-electron chi connectivity index (χ1n) is 8.90. The Kier molecular flexibility index (Phi) is 5.50. The summed E-state index contributed by atoms with van der Waals surface area (Å²) in [4.78, 5) is 28.9. The average Bonchev–Trinajstić information content (AvgIpc) is 2.66. The Hall–Kier alpha value is -3.21. The number of nitrogens with zero attached hydrogens (tertiary/aromatic N) is 1. The van der Waals surface area contributed by atoms with Crippen molar-refractivity contribution in [3.8, 4) is 0 Å². The number of hydrogen-bond donors (Lipinski definition) is 1. The number of ether oxygens (including phenoxy) is 1. The molecule has 3 rings (SSSR count). The van der Waals surface area contributed by atoms with E-state index in [1.165, 1.54) is 0 Å². The first-order chi connectivity index (χ1) is 13.0. The smallest absolute Gasteiger partial charge is 0.340 e. The molecule has 3 aromatic rings. The fraction of sp³-hybridized carbons (Fsp3) is 0.227. The van der Waals surface area contributed by atoms with Crippen molar-refractivity contribution in [1.29, 1.82) is 0 Å². The van der Waals surface area contributed by atoms with Gasteiger partial charge < -0.3 is 10.1 Å². The summed E-state index contributed by atoms with van der Waals surface area (Å²) in [7, 11) is 0. The van der Waals surface area contributed by atoms with Gasteiger partial charge in [0.25, 0.3) is 5.91 Å². The summed E-state index contributed by atoms with van der Waals surface area (Å²) in [6, 6.07) is 15.2. The third-order valence-corrected chi connectivity index (χ3v) is 4.33. The summed E-state index contributed by atoms with van der Waals surface area (Å²) in [5.41, 5.74) is 4.66. The molecule has 0 aliphatic carbocycles. The molecule has 0 radical (unpaired) electrons. The summed E-state index contributed by atoms with van der Waals surface area (Å²) in [5, 5.41) is 3.61. The number of pyridine rings is 1. The lowest BCUT2D eigenvalue weighted by atomic mass is 10.1. The first-order valence-corrected chi connectivity index (χ1v) is 8.90. The molecule has 0 aliphatic heterocycles. The van der Waals surface area contributed by atoms with E-state index < -0.39 is 5.97 Å². The van der Waals surface area contributed by atoms with Crippen LogP contribution in [0.3, 0.4) is 0 Å². The molecule has 0 bridgehead atoms. The van der Waals surface area contributed by atoms with E-state index in [1.54, 1.807) is 19.1 Å². The Morgan fingerprint density at radius 2 is 1.89 bits per heavy atom. The highest BCUT2D eigenvalue weighted by molar-refractivity contribution is 5.98. The van der Waals surface area contributed by atoms with Crippen molar-refractivity contribution in [3.05, 3.63) is 70.9 Å². The van der Waals surface area contributed by atoms with Crippen LogP contribution in [-0.2, 0) is 16.0 Å². The highest BCUT2D eigenvalue weighted by Crippen LogP contribution is 2.19. The zero-order valence-corrected chi connectivity index (χ0v) is 15.7. The number of fused-ring (bicyclic) bond motifs is 1. The molecule has 0 fully saturated rings. The Labute approximate surface area is 158 Å². The molecule has 0 aliphatic rings. The van der Waals surface area contributed by atoms with E-state index in [0.717, 1.165) is 28.5 Å². The Morgan fingerprint density at radius 1 is 1.07 bits per heavy atom. The largest absolute Gasteiger partial charge is 0.452 e. The normalized spacial score (nSPS) is 10.6. The van der Waals surface area contributed by atoms with Crippen molar-refractivity contribution in [1.82, 2.24) is 4.98 Å². The molecule has 1 N–H and O–H groups in total. The topological polar surface area (TPSA) is 68.3 Å². The Bertz CT molecular complexity index is 1010. The van der Waals surface area contributed by atoms with E-state index in [-0.39, 0.29) is 12.5 Å². The Balaban J connectivity index is 1.67. The molecule has 27 heavy (non-hydrogen) atoms. The SMILES string of the molecule is CCc1cccc(NC(=O)COC(=O)c2cc3cc(C)ccc3nc2C)c1. The molecule has 1 heterocycles. The minimum Gasteiger partial charge on any atom is -0.452 e. The number of nitrogens with one attached hydrogen (secondary N) is 1. The number of amides is 1. The number of anilines is 1. The van der Waals surface area contributed by atoms with Crippen LogP contribution >= 0.6 is 0 Å². The molecular weight excluding hydrogens is 340 g/mol. The number of rotatable bonds is 5. The lowest BCUT2D eigenvalue weighted by Crippen LogP contribution is -2.21. The van der Waals surface area contributed by atoms with Crippen LogP contribution in [0, 0.1) is 13.8 Å². The van der Waals surface area contributed by atoms with Gasteiger partial charge in [-0.3, -0.25) is 9.78 Å². The molecule has 5 heteroatoms. The fourth-order valence-electron chi connectivity index (χ4n) is 2.87. The standard InChI is InChI=1S/C22H22N2O3/c1-4-16-6-5-7-18(11-16)24-21(25)13-27-22(26)19-12-17-10-14(2)8-9-20(17)23-15(19)3/h5-12H,4,13H2,1-3H3,(H,24,25). The van der Waals surface area contributed by atoms with Crippen LogP contribution in [0.15, 0.2) is 48.5 Å². The van der Waals surface area contributed by atoms with Crippen molar-refractivity contribution < 1.29 is 14.3 Å². The molecule has 0 saturated carbocycles. The van der Waals surface area contributed by atoms with Gasteiger partial charge in [0.05, 0.1) is 16.8 Å². The van der Waals surface area contributed by atoms with Crippen molar-refractivity contribution in [2.24, 2.45) is 0 Å². The maximum absolute atomic E-state index is 12.4. The van der Waals surface area contributed by atoms with Gasteiger partial charge in [0.15, 0.2) is 6.61 Å². The van der Waals surface area contributed by atoms with Gasteiger partial charge >= 0.3 is 5.97 Å². The number of carbonyl (C=O) groups is 2. The van der Waals surface area contributed by atoms with Crippen LogP contribution < -0.4 is 5.32 Å². The van der Waals surface area contributed by atoms with E-state index in [0.29, 0.717) is 16.9 Å². The van der Waals surface area contributed by atoms with Gasteiger partial charge in [-0.05, 0) is 56.2 Å². The summed E-state index contributed by atoms with van der Waals surface area (Å²) in [5.74, 6) is -0.931. The van der Waals surface area contributed by atoms with E-state index in [2.05, 4.69) is 10.3 Å². The van der Waals surface area contributed by atoms with Crippen LogP contribution in [-0.4, -0.2) is 23.5 Å². The van der Waals surface area contributed by atoms with Crippen molar-refractivity contribution in [3.63, 3.8) is 0 Å². The predicted molar refractivity (Wildman–Crippen MR) is 106 cm³/mol. The van der Waals surface area contributed by atoms with E-state index in [4.69, 9.17) is 4.74 Å². The second kappa shape index (κ2) is 7.99. The van der Waals surface area contributed by atoms with Gasteiger partial charge in [0.2, 0.25) is 0 Å². The van der Waals surface area contributed by atoms with Gasteiger partial charge in [-0.1, -0.05) is 30.7 Å². The van der Waals surface area contributed by atoms with Gasteiger partial charge in [0.1, 0.15) is 0 Å². The molecule has 1 aromatic heterocycles. The summed E-state index contributed by atoms with van der Waals surface area (Å²) < 4.78 is 5.19. The number of aryl methyl sites for hydroxylation is 3. The lowest BCUT2D eigenvalue weighted by Gasteiger charge is -2.10. The molecule has 1 amide bonds. The number of carbonyl (C=O) groups excluding carboxylic acids is 2. The number of benzene rings is 2. The van der Waals surface area contributed by atoms with Gasteiger partial charge in [-0.15, -0.1) is 0 Å². The summed E-state index contributed by atoms with van der Waals surface area (Å²) >= 11 is 0. The van der Waals surface area contributed by atoms with E-state index in [1.807, 2.05) is 50.2 Å². The average molecular weight is 362 g/mol. The van der Waals surface area contributed by atoms with Crippen LogP contribution in [0.5, 0.6) is 0 Å². The quantitative estimate of drug-likeness (QED) is 0.691. The maximum Gasteiger partial charge on any atom is 0.340 e. The van der Waals surface area contributed by atoms with Gasteiger partial charge in [-0.2, -0.15) is 0 Å². The number of esters is 1. The molecule has 5 nitrogen and oxygen atoms in total. The Morgan fingerprint density at radius 3 is 2.67 bits per heavy atom. The van der Waals surface area contributed by atoms with Crippen LogP contribution in [0.4, 0.5) is 5.69 Å². The number of aromatic nitrogens is 1. The predicted octanol–water partition coefficient (Wildman–Crippen LogP) is 4.21. The molecule has 0 unspecified atom stereocenters. The van der Waals surface area contributed by atoms with Crippen LogP contribution in [0.25, 0.3) is 10.9 Å². The van der Waals surface area contributed by atoms with Gasteiger partial charge in [-0.25, -0.2) is 4.79 Å². The monoisotopic (exact) mass is 362 g/mol. The van der Waals surface area contributed by atoms with Crippen molar-refractivity contribution in [2.75, 3.05) is 11.9 Å². The second-order valence-corrected chi connectivity index (χ2v) is 6.50. The van der Waals surface area contributed by atoms with Crippen LogP contribution in [0.2, 0.25) is 0 Å². The van der Waals surface area contributed by atoms with E-state index >= 15 is 0 Å².